The molecular weight excluding hydrogens is 288 g/mol. The Morgan fingerprint density at radius 1 is 1.33 bits per heavy atom. The van der Waals surface area contributed by atoms with Crippen LogP contribution in [0.4, 0.5) is 5.69 Å². The van der Waals surface area contributed by atoms with E-state index in [2.05, 4.69) is 10.5 Å². The monoisotopic (exact) mass is 306 g/mol. The fraction of sp³-hybridized carbons (Fsp3) is 0.357. The molecule has 1 aliphatic rings. The second-order valence-electron chi connectivity index (χ2n) is 4.66. The largest absolute Gasteiger partial charge is 0.497 e. The van der Waals surface area contributed by atoms with Gasteiger partial charge in [-0.2, -0.15) is 5.10 Å². The molecular formula is C14H18N4O2S. The molecule has 1 aromatic rings. The van der Waals surface area contributed by atoms with Crippen molar-refractivity contribution in [3.8, 4) is 5.75 Å². The maximum absolute atomic E-state index is 12.3. The van der Waals surface area contributed by atoms with E-state index in [1.165, 1.54) is 0 Å². The molecule has 1 fully saturated rings. The highest BCUT2D eigenvalue weighted by atomic mass is 32.1. The lowest BCUT2D eigenvalue weighted by Crippen LogP contribution is -2.40. The number of rotatable bonds is 5. The summed E-state index contributed by atoms with van der Waals surface area (Å²) in [4.78, 5) is 14.0. The van der Waals surface area contributed by atoms with Crippen molar-refractivity contribution in [1.29, 1.82) is 0 Å². The standard InChI is InChI=1S/C14H18N4O2S/c1-20-11-6-4-10(5-7-11)16-17-12(13(15)21)14(19)18-8-2-3-9-18/h4-7,16H,2-3,8-9H2,1H3,(H2,15,21)/b17-12+. The Morgan fingerprint density at radius 2 is 1.95 bits per heavy atom. The molecule has 1 heterocycles. The average molecular weight is 306 g/mol. The maximum Gasteiger partial charge on any atom is 0.277 e. The highest BCUT2D eigenvalue weighted by Crippen LogP contribution is 2.15. The van der Waals surface area contributed by atoms with Gasteiger partial charge in [-0.15, -0.1) is 0 Å². The Bertz CT molecular complexity index is 551. The van der Waals surface area contributed by atoms with Crippen molar-refractivity contribution in [2.75, 3.05) is 25.6 Å². The summed E-state index contributed by atoms with van der Waals surface area (Å²) in [7, 11) is 1.60. The predicted octanol–water partition coefficient (Wildman–Crippen LogP) is 1.37. The predicted molar refractivity (Wildman–Crippen MR) is 86.7 cm³/mol. The lowest BCUT2D eigenvalue weighted by molar-refractivity contribution is -0.122. The van der Waals surface area contributed by atoms with Gasteiger partial charge < -0.3 is 15.4 Å². The van der Waals surface area contributed by atoms with Crippen LogP contribution in [0, 0.1) is 0 Å². The maximum atomic E-state index is 12.3. The lowest BCUT2D eigenvalue weighted by Gasteiger charge is -2.16. The molecule has 0 radical (unpaired) electrons. The number of hydrazone groups is 1. The number of carbonyl (C=O) groups is 1. The Balaban J connectivity index is 2.09. The second kappa shape index (κ2) is 7.03. The number of carbonyl (C=O) groups excluding carboxylic acids is 1. The molecule has 0 unspecified atom stereocenters. The molecule has 2 rings (SSSR count). The summed E-state index contributed by atoms with van der Waals surface area (Å²) in [6.07, 6.45) is 2.00. The van der Waals surface area contributed by atoms with Gasteiger partial charge in [-0.05, 0) is 37.1 Å². The number of benzene rings is 1. The number of hydrogen-bond acceptors (Lipinski definition) is 5. The minimum atomic E-state index is -0.221. The van der Waals surface area contributed by atoms with Crippen LogP contribution in [0.2, 0.25) is 0 Å². The molecule has 1 aliphatic heterocycles. The van der Waals surface area contributed by atoms with E-state index >= 15 is 0 Å². The van der Waals surface area contributed by atoms with Gasteiger partial charge in [0.05, 0.1) is 12.8 Å². The number of likely N-dealkylation sites (tertiary alicyclic amines) is 1. The summed E-state index contributed by atoms with van der Waals surface area (Å²) < 4.78 is 5.07. The van der Waals surface area contributed by atoms with Crippen LogP contribution in [-0.4, -0.2) is 41.7 Å². The van der Waals surface area contributed by atoms with Crippen LogP contribution < -0.4 is 15.9 Å². The molecule has 0 aromatic heterocycles. The third-order valence-electron chi connectivity index (χ3n) is 3.22. The number of nitrogens with two attached hydrogens (primary N) is 1. The van der Waals surface area contributed by atoms with Gasteiger partial charge in [-0.1, -0.05) is 12.2 Å². The number of thiocarbonyl (C=S) groups is 1. The SMILES string of the molecule is COc1ccc(N/N=C(/C(=O)N2CCCC2)C(N)=S)cc1. The number of amides is 1. The van der Waals surface area contributed by atoms with E-state index in [9.17, 15) is 4.79 Å². The van der Waals surface area contributed by atoms with Gasteiger partial charge in [0.2, 0.25) is 0 Å². The van der Waals surface area contributed by atoms with Crippen molar-refractivity contribution < 1.29 is 9.53 Å². The van der Waals surface area contributed by atoms with Crippen molar-refractivity contribution in [2.24, 2.45) is 10.8 Å². The highest BCUT2D eigenvalue weighted by molar-refractivity contribution is 7.82. The number of methoxy groups -OCH3 is 1. The first-order valence-corrected chi connectivity index (χ1v) is 7.09. The Kier molecular flexibility index (Phi) is 5.10. The van der Waals surface area contributed by atoms with Crippen LogP contribution in [0.5, 0.6) is 5.75 Å². The first kappa shape index (κ1) is 15.2. The molecule has 0 spiro atoms. The first-order valence-electron chi connectivity index (χ1n) is 6.68. The molecule has 1 aromatic carbocycles. The van der Waals surface area contributed by atoms with Crippen LogP contribution in [0.1, 0.15) is 12.8 Å². The van der Waals surface area contributed by atoms with E-state index < -0.39 is 0 Å². The molecule has 1 amide bonds. The zero-order chi connectivity index (χ0) is 15.2. The number of nitrogens with one attached hydrogen (secondary N) is 1. The van der Waals surface area contributed by atoms with Crippen LogP contribution in [0.25, 0.3) is 0 Å². The summed E-state index contributed by atoms with van der Waals surface area (Å²) in [5.41, 5.74) is 9.21. The highest BCUT2D eigenvalue weighted by Gasteiger charge is 2.24. The lowest BCUT2D eigenvalue weighted by atomic mass is 10.3. The summed E-state index contributed by atoms with van der Waals surface area (Å²) in [5, 5.41) is 4.06. The van der Waals surface area contributed by atoms with Crippen molar-refractivity contribution in [3.63, 3.8) is 0 Å². The molecule has 0 atom stereocenters. The molecule has 112 valence electrons. The number of nitrogens with zero attached hydrogens (tertiary/aromatic N) is 2. The topological polar surface area (TPSA) is 80.0 Å². The van der Waals surface area contributed by atoms with E-state index in [0.717, 1.165) is 37.4 Å². The third-order valence-corrected chi connectivity index (χ3v) is 3.41. The van der Waals surface area contributed by atoms with Crippen molar-refractivity contribution in [3.05, 3.63) is 24.3 Å². The Morgan fingerprint density at radius 3 is 2.48 bits per heavy atom. The second-order valence-corrected chi connectivity index (χ2v) is 5.10. The molecule has 0 saturated carbocycles. The zero-order valence-electron chi connectivity index (χ0n) is 11.8. The number of ether oxygens (including phenoxy) is 1. The van der Waals surface area contributed by atoms with E-state index in [1.807, 2.05) is 0 Å². The number of hydrogen-bond donors (Lipinski definition) is 2. The third kappa shape index (κ3) is 3.91. The van der Waals surface area contributed by atoms with Crippen LogP contribution in [0.15, 0.2) is 29.4 Å². The fourth-order valence-electron chi connectivity index (χ4n) is 2.06. The van der Waals surface area contributed by atoms with E-state index in [1.54, 1.807) is 36.3 Å². The van der Waals surface area contributed by atoms with Crippen LogP contribution in [-0.2, 0) is 4.79 Å². The first-order chi connectivity index (χ1) is 10.1. The number of anilines is 1. The normalized spacial score (nSPS) is 14.9. The molecule has 7 heteroatoms. The van der Waals surface area contributed by atoms with E-state index in [0.29, 0.717) is 0 Å². The smallest absolute Gasteiger partial charge is 0.277 e. The molecule has 3 N–H and O–H groups in total. The minimum absolute atomic E-state index is 0.00656. The van der Waals surface area contributed by atoms with Gasteiger partial charge >= 0.3 is 0 Å². The van der Waals surface area contributed by atoms with E-state index in [-0.39, 0.29) is 16.6 Å². The zero-order valence-corrected chi connectivity index (χ0v) is 12.7. The van der Waals surface area contributed by atoms with Crippen molar-refractivity contribution in [2.45, 2.75) is 12.8 Å². The van der Waals surface area contributed by atoms with Gasteiger partial charge in [0.25, 0.3) is 5.91 Å². The molecule has 1 saturated heterocycles. The van der Waals surface area contributed by atoms with Gasteiger partial charge in [-0.3, -0.25) is 10.2 Å². The van der Waals surface area contributed by atoms with Gasteiger partial charge in [0.15, 0.2) is 5.71 Å². The Labute approximate surface area is 128 Å². The van der Waals surface area contributed by atoms with Gasteiger partial charge in [-0.25, -0.2) is 0 Å². The average Bonchev–Trinajstić information content (AvgIpc) is 3.02. The van der Waals surface area contributed by atoms with Gasteiger partial charge in [0.1, 0.15) is 10.7 Å². The Hall–Kier alpha value is -2.15. The van der Waals surface area contributed by atoms with Crippen LogP contribution in [0.3, 0.4) is 0 Å². The van der Waals surface area contributed by atoms with E-state index in [4.69, 9.17) is 22.7 Å². The van der Waals surface area contributed by atoms with Crippen molar-refractivity contribution >= 4 is 34.5 Å². The quantitative estimate of drug-likeness (QED) is 0.488. The van der Waals surface area contributed by atoms with Gasteiger partial charge in [0, 0.05) is 13.1 Å². The molecule has 0 aliphatic carbocycles. The summed E-state index contributed by atoms with van der Waals surface area (Å²) in [5.74, 6) is 0.522. The fourth-order valence-corrected chi connectivity index (χ4v) is 2.20. The molecule has 0 bridgehead atoms. The molecule has 6 nitrogen and oxygen atoms in total. The summed E-state index contributed by atoms with van der Waals surface area (Å²) in [6, 6.07) is 7.17. The van der Waals surface area contributed by atoms with Crippen molar-refractivity contribution in [1.82, 2.24) is 4.90 Å². The summed E-state index contributed by atoms with van der Waals surface area (Å²) >= 11 is 4.92. The van der Waals surface area contributed by atoms with Crippen LogP contribution >= 0.6 is 12.2 Å². The summed E-state index contributed by atoms with van der Waals surface area (Å²) in [6.45, 7) is 1.45. The molecule has 21 heavy (non-hydrogen) atoms. The minimum Gasteiger partial charge on any atom is -0.497 e.